The summed E-state index contributed by atoms with van der Waals surface area (Å²) in [7, 11) is 0. The quantitative estimate of drug-likeness (QED) is 0.673. The van der Waals surface area contributed by atoms with Gasteiger partial charge in [0.2, 0.25) is 5.91 Å². The molecule has 2 aromatic rings. The number of benzene rings is 1. The second-order valence-electron chi connectivity index (χ2n) is 4.43. The molecule has 21 heavy (non-hydrogen) atoms. The maximum absolute atomic E-state index is 11.9. The van der Waals surface area contributed by atoms with Gasteiger partial charge in [-0.05, 0) is 48.2 Å². The van der Waals surface area contributed by atoms with Gasteiger partial charge in [-0.25, -0.2) is 5.43 Å². The standard InChI is InChI=1S/C15H15N3O2S/c1-10-7-8-21-14(10)9-16-18-15(20)12-3-5-13(6-4-12)17-11(2)19/h3-9H,1-2H3,(H,17,19)(H,18,20)/b16-9+. The first-order chi connectivity index (χ1) is 10.1. The van der Waals surface area contributed by atoms with Gasteiger partial charge in [-0.1, -0.05) is 0 Å². The maximum Gasteiger partial charge on any atom is 0.271 e. The fourth-order valence-electron chi connectivity index (χ4n) is 1.64. The number of hydrazone groups is 1. The largest absolute Gasteiger partial charge is 0.326 e. The molecule has 0 spiro atoms. The molecule has 1 aromatic carbocycles. The molecule has 0 bridgehead atoms. The van der Waals surface area contributed by atoms with Gasteiger partial charge < -0.3 is 5.32 Å². The van der Waals surface area contributed by atoms with Gasteiger partial charge in [0.1, 0.15) is 0 Å². The highest BCUT2D eigenvalue weighted by atomic mass is 32.1. The number of carbonyl (C=O) groups excluding carboxylic acids is 2. The lowest BCUT2D eigenvalue weighted by Gasteiger charge is -2.03. The number of carbonyl (C=O) groups is 2. The average molecular weight is 301 g/mol. The van der Waals surface area contributed by atoms with Crippen LogP contribution in [-0.4, -0.2) is 18.0 Å². The van der Waals surface area contributed by atoms with Gasteiger partial charge in [0, 0.05) is 23.1 Å². The zero-order valence-corrected chi connectivity index (χ0v) is 12.5. The Morgan fingerprint density at radius 3 is 2.48 bits per heavy atom. The lowest BCUT2D eigenvalue weighted by Crippen LogP contribution is -2.17. The van der Waals surface area contributed by atoms with E-state index in [1.807, 2.05) is 18.4 Å². The number of amides is 2. The smallest absolute Gasteiger partial charge is 0.271 e. The zero-order chi connectivity index (χ0) is 15.2. The Bertz CT molecular complexity index is 674. The molecule has 2 N–H and O–H groups in total. The molecule has 2 rings (SSSR count). The number of thiophene rings is 1. The highest BCUT2D eigenvalue weighted by Crippen LogP contribution is 2.12. The monoisotopic (exact) mass is 301 g/mol. The molecule has 1 aromatic heterocycles. The van der Waals surface area contributed by atoms with Crippen LogP contribution >= 0.6 is 11.3 Å². The molecule has 0 fully saturated rings. The normalized spacial score (nSPS) is 10.6. The Morgan fingerprint density at radius 1 is 1.19 bits per heavy atom. The highest BCUT2D eigenvalue weighted by molar-refractivity contribution is 7.11. The molecule has 0 aliphatic heterocycles. The van der Waals surface area contributed by atoms with Crippen LogP contribution in [0.3, 0.4) is 0 Å². The van der Waals surface area contributed by atoms with Crippen LogP contribution in [0.1, 0.15) is 27.7 Å². The summed E-state index contributed by atoms with van der Waals surface area (Å²) in [6, 6.07) is 8.60. The van der Waals surface area contributed by atoms with E-state index in [0.29, 0.717) is 11.3 Å². The Morgan fingerprint density at radius 2 is 1.90 bits per heavy atom. The minimum Gasteiger partial charge on any atom is -0.326 e. The summed E-state index contributed by atoms with van der Waals surface area (Å²) in [5.74, 6) is -0.446. The lowest BCUT2D eigenvalue weighted by atomic mass is 10.2. The molecule has 0 atom stereocenters. The number of hydrogen-bond donors (Lipinski definition) is 2. The minimum absolute atomic E-state index is 0.150. The summed E-state index contributed by atoms with van der Waals surface area (Å²) in [4.78, 5) is 23.8. The van der Waals surface area contributed by atoms with Crippen molar-refractivity contribution in [1.29, 1.82) is 0 Å². The Hall–Kier alpha value is -2.47. The summed E-state index contributed by atoms with van der Waals surface area (Å²) in [5, 5.41) is 8.55. The van der Waals surface area contributed by atoms with E-state index in [1.165, 1.54) is 6.92 Å². The van der Waals surface area contributed by atoms with Crippen molar-refractivity contribution in [3.8, 4) is 0 Å². The number of nitrogens with one attached hydrogen (secondary N) is 2. The van der Waals surface area contributed by atoms with E-state index in [4.69, 9.17) is 0 Å². The third-order valence-corrected chi connectivity index (χ3v) is 3.67. The highest BCUT2D eigenvalue weighted by Gasteiger charge is 2.04. The van der Waals surface area contributed by atoms with E-state index in [1.54, 1.807) is 41.8 Å². The SMILES string of the molecule is CC(=O)Nc1ccc(C(=O)N/N=C/c2sccc2C)cc1. The molecule has 0 aliphatic rings. The molecule has 0 saturated carbocycles. The number of hydrogen-bond acceptors (Lipinski definition) is 4. The second kappa shape index (κ2) is 6.81. The van der Waals surface area contributed by atoms with Crippen LogP contribution in [0.2, 0.25) is 0 Å². The third kappa shape index (κ3) is 4.25. The van der Waals surface area contributed by atoms with Crippen molar-refractivity contribution in [2.45, 2.75) is 13.8 Å². The van der Waals surface area contributed by atoms with Gasteiger partial charge in [-0.2, -0.15) is 5.10 Å². The molecule has 0 saturated heterocycles. The number of anilines is 1. The zero-order valence-electron chi connectivity index (χ0n) is 11.7. The van der Waals surface area contributed by atoms with Crippen molar-refractivity contribution < 1.29 is 9.59 Å². The van der Waals surface area contributed by atoms with E-state index in [0.717, 1.165) is 10.4 Å². The second-order valence-corrected chi connectivity index (χ2v) is 5.37. The van der Waals surface area contributed by atoms with Gasteiger partial charge in [-0.15, -0.1) is 11.3 Å². The average Bonchev–Trinajstić information content (AvgIpc) is 2.84. The third-order valence-electron chi connectivity index (χ3n) is 2.72. The summed E-state index contributed by atoms with van der Waals surface area (Å²) >= 11 is 1.56. The van der Waals surface area contributed by atoms with Crippen LogP contribution in [0.4, 0.5) is 5.69 Å². The van der Waals surface area contributed by atoms with Gasteiger partial charge >= 0.3 is 0 Å². The fourth-order valence-corrected chi connectivity index (χ4v) is 2.43. The molecule has 2 amide bonds. The molecule has 1 heterocycles. The van der Waals surface area contributed by atoms with Crippen LogP contribution in [0.15, 0.2) is 40.8 Å². The van der Waals surface area contributed by atoms with E-state index in [2.05, 4.69) is 15.8 Å². The first kappa shape index (κ1) is 14.9. The van der Waals surface area contributed by atoms with Crippen molar-refractivity contribution in [2.75, 3.05) is 5.32 Å². The van der Waals surface area contributed by atoms with E-state index >= 15 is 0 Å². The molecule has 0 unspecified atom stereocenters. The topological polar surface area (TPSA) is 70.6 Å². The van der Waals surface area contributed by atoms with Crippen molar-refractivity contribution in [1.82, 2.24) is 5.43 Å². The number of aryl methyl sites for hydroxylation is 1. The van der Waals surface area contributed by atoms with E-state index in [-0.39, 0.29) is 11.8 Å². The molecular formula is C15H15N3O2S. The summed E-state index contributed by atoms with van der Waals surface area (Å²) in [6.07, 6.45) is 1.63. The maximum atomic E-state index is 11.9. The van der Waals surface area contributed by atoms with Gasteiger partial charge in [0.05, 0.1) is 6.21 Å². The number of nitrogens with zero attached hydrogens (tertiary/aromatic N) is 1. The molecule has 108 valence electrons. The molecular weight excluding hydrogens is 286 g/mol. The Labute approximate surface area is 126 Å². The van der Waals surface area contributed by atoms with Crippen LogP contribution < -0.4 is 10.7 Å². The Kier molecular flexibility index (Phi) is 4.84. The number of rotatable bonds is 4. The van der Waals surface area contributed by atoms with E-state index in [9.17, 15) is 9.59 Å². The van der Waals surface area contributed by atoms with Crippen LogP contribution in [0.5, 0.6) is 0 Å². The fraction of sp³-hybridized carbons (Fsp3) is 0.133. The first-order valence-corrected chi connectivity index (χ1v) is 7.19. The summed E-state index contributed by atoms with van der Waals surface area (Å²) < 4.78 is 0. The predicted molar refractivity (Wildman–Crippen MR) is 84.9 cm³/mol. The van der Waals surface area contributed by atoms with Crippen molar-refractivity contribution >= 4 is 35.1 Å². The van der Waals surface area contributed by atoms with Crippen LogP contribution in [0.25, 0.3) is 0 Å². The van der Waals surface area contributed by atoms with Crippen LogP contribution in [0, 0.1) is 6.92 Å². The van der Waals surface area contributed by atoms with Crippen molar-refractivity contribution in [3.63, 3.8) is 0 Å². The summed E-state index contributed by atoms with van der Waals surface area (Å²) in [6.45, 7) is 3.42. The first-order valence-electron chi connectivity index (χ1n) is 6.31. The minimum atomic E-state index is -0.296. The lowest BCUT2D eigenvalue weighted by molar-refractivity contribution is -0.114. The predicted octanol–water partition coefficient (Wildman–Crippen LogP) is 2.78. The Balaban J connectivity index is 1.96. The summed E-state index contributed by atoms with van der Waals surface area (Å²) in [5.41, 5.74) is 4.72. The van der Waals surface area contributed by atoms with Crippen molar-refractivity contribution in [2.24, 2.45) is 5.10 Å². The molecule has 5 nitrogen and oxygen atoms in total. The van der Waals surface area contributed by atoms with E-state index < -0.39 is 0 Å². The molecule has 6 heteroatoms. The van der Waals surface area contributed by atoms with Crippen LogP contribution in [-0.2, 0) is 4.79 Å². The van der Waals surface area contributed by atoms with Gasteiger partial charge in [0.15, 0.2) is 0 Å². The molecule has 0 radical (unpaired) electrons. The van der Waals surface area contributed by atoms with Gasteiger partial charge in [-0.3, -0.25) is 9.59 Å². The van der Waals surface area contributed by atoms with Gasteiger partial charge in [0.25, 0.3) is 5.91 Å². The van der Waals surface area contributed by atoms with Crippen molar-refractivity contribution in [3.05, 3.63) is 51.7 Å². The molecule has 0 aliphatic carbocycles.